The quantitative estimate of drug-likeness (QED) is 0.727. The van der Waals surface area contributed by atoms with E-state index in [9.17, 15) is 13.2 Å². The standard InChI is InChI=1S/C18H22N2O5S/c1-19-18(21)16-12-15(8-9-17(16)25-3)26(22,23)20-11-10-13-4-6-14(24-2)7-5-13/h4-9,12,20H,10-11H2,1-3H3,(H,19,21). The Labute approximate surface area is 153 Å². The summed E-state index contributed by atoms with van der Waals surface area (Å²) in [6, 6.07) is 11.6. The van der Waals surface area contributed by atoms with E-state index < -0.39 is 15.9 Å². The molecule has 26 heavy (non-hydrogen) atoms. The summed E-state index contributed by atoms with van der Waals surface area (Å²) >= 11 is 0. The predicted octanol–water partition coefficient (Wildman–Crippen LogP) is 1.58. The highest BCUT2D eigenvalue weighted by Crippen LogP contribution is 2.22. The molecule has 0 bridgehead atoms. The van der Waals surface area contributed by atoms with Gasteiger partial charge < -0.3 is 14.8 Å². The lowest BCUT2D eigenvalue weighted by molar-refractivity contribution is 0.0960. The number of nitrogens with one attached hydrogen (secondary N) is 2. The van der Waals surface area contributed by atoms with E-state index in [-0.39, 0.29) is 17.0 Å². The van der Waals surface area contributed by atoms with Crippen LogP contribution >= 0.6 is 0 Å². The Balaban J connectivity index is 2.10. The van der Waals surface area contributed by atoms with Crippen LogP contribution in [0.5, 0.6) is 11.5 Å². The summed E-state index contributed by atoms with van der Waals surface area (Å²) in [6.45, 7) is 0.232. The maximum absolute atomic E-state index is 12.5. The zero-order chi connectivity index (χ0) is 19.2. The zero-order valence-electron chi connectivity index (χ0n) is 14.9. The third-order valence-corrected chi connectivity index (χ3v) is 5.28. The molecule has 0 heterocycles. The smallest absolute Gasteiger partial charge is 0.254 e. The zero-order valence-corrected chi connectivity index (χ0v) is 15.7. The lowest BCUT2D eigenvalue weighted by Crippen LogP contribution is -2.26. The lowest BCUT2D eigenvalue weighted by Gasteiger charge is -2.11. The first kappa shape index (κ1) is 19.7. The van der Waals surface area contributed by atoms with Crippen molar-refractivity contribution >= 4 is 15.9 Å². The topological polar surface area (TPSA) is 93.7 Å². The summed E-state index contributed by atoms with van der Waals surface area (Å²) in [5.74, 6) is 0.632. The SMILES string of the molecule is CNC(=O)c1cc(S(=O)(=O)NCCc2ccc(OC)cc2)ccc1OC. The molecule has 7 nitrogen and oxygen atoms in total. The Morgan fingerprint density at radius 1 is 1.04 bits per heavy atom. The summed E-state index contributed by atoms with van der Waals surface area (Å²) in [4.78, 5) is 11.9. The number of amides is 1. The largest absolute Gasteiger partial charge is 0.497 e. The van der Waals surface area contributed by atoms with Crippen molar-refractivity contribution < 1.29 is 22.7 Å². The number of hydrogen-bond donors (Lipinski definition) is 2. The van der Waals surface area contributed by atoms with Crippen molar-refractivity contribution in [3.05, 3.63) is 53.6 Å². The molecule has 140 valence electrons. The lowest BCUT2D eigenvalue weighted by atomic mass is 10.1. The minimum absolute atomic E-state index is 0.00614. The Hall–Kier alpha value is -2.58. The summed E-state index contributed by atoms with van der Waals surface area (Å²) in [5.41, 5.74) is 1.14. The second-order valence-electron chi connectivity index (χ2n) is 5.44. The first-order valence-corrected chi connectivity index (χ1v) is 9.42. The van der Waals surface area contributed by atoms with Crippen molar-refractivity contribution in [1.29, 1.82) is 0 Å². The average Bonchev–Trinajstić information content (AvgIpc) is 2.67. The summed E-state index contributed by atoms with van der Waals surface area (Å²) < 4.78 is 37.7. The molecular formula is C18H22N2O5S. The van der Waals surface area contributed by atoms with Gasteiger partial charge in [0, 0.05) is 13.6 Å². The highest BCUT2D eigenvalue weighted by molar-refractivity contribution is 7.89. The normalized spacial score (nSPS) is 11.0. The van der Waals surface area contributed by atoms with E-state index >= 15 is 0 Å². The average molecular weight is 378 g/mol. The van der Waals surface area contributed by atoms with Gasteiger partial charge in [-0.25, -0.2) is 13.1 Å². The summed E-state index contributed by atoms with van der Waals surface area (Å²) in [5, 5.41) is 2.46. The summed E-state index contributed by atoms with van der Waals surface area (Å²) in [6.07, 6.45) is 0.529. The molecule has 0 aliphatic carbocycles. The van der Waals surface area contributed by atoms with Crippen LogP contribution in [-0.4, -0.2) is 42.1 Å². The van der Waals surface area contributed by atoms with Gasteiger partial charge in [-0.1, -0.05) is 12.1 Å². The monoisotopic (exact) mass is 378 g/mol. The van der Waals surface area contributed by atoms with Crippen molar-refractivity contribution in [3.8, 4) is 11.5 Å². The van der Waals surface area contributed by atoms with Crippen LogP contribution in [-0.2, 0) is 16.4 Å². The van der Waals surface area contributed by atoms with Gasteiger partial charge in [0.25, 0.3) is 5.91 Å². The molecule has 0 aliphatic heterocycles. The van der Waals surface area contributed by atoms with Crippen molar-refractivity contribution in [2.75, 3.05) is 27.8 Å². The van der Waals surface area contributed by atoms with Gasteiger partial charge >= 0.3 is 0 Å². The molecule has 8 heteroatoms. The molecule has 0 aromatic heterocycles. The Kier molecular flexibility index (Phi) is 6.59. The highest BCUT2D eigenvalue weighted by Gasteiger charge is 2.19. The molecule has 0 saturated heterocycles. The molecule has 1 amide bonds. The Bertz CT molecular complexity index is 864. The number of hydrogen-bond acceptors (Lipinski definition) is 5. The molecule has 2 aromatic rings. The third kappa shape index (κ3) is 4.74. The third-order valence-electron chi connectivity index (χ3n) is 3.82. The van der Waals surface area contributed by atoms with Crippen molar-refractivity contribution in [2.24, 2.45) is 0 Å². The molecule has 0 fully saturated rings. The predicted molar refractivity (Wildman–Crippen MR) is 98.3 cm³/mol. The fraction of sp³-hybridized carbons (Fsp3) is 0.278. The number of carbonyl (C=O) groups is 1. The van der Waals surface area contributed by atoms with Gasteiger partial charge in [-0.05, 0) is 42.3 Å². The maximum Gasteiger partial charge on any atom is 0.254 e. The molecule has 2 aromatic carbocycles. The van der Waals surface area contributed by atoms with E-state index in [1.807, 2.05) is 24.3 Å². The first-order valence-electron chi connectivity index (χ1n) is 7.94. The van der Waals surface area contributed by atoms with E-state index in [1.165, 1.54) is 32.4 Å². The van der Waals surface area contributed by atoms with E-state index in [0.29, 0.717) is 12.2 Å². The molecule has 0 saturated carbocycles. The first-order chi connectivity index (χ1) is 12.4. The number of methoxy groups -OCH3 is 2. The minimum Gasteiger partial charge on any atom is -0.497 e. The molecule has 2 N–H and O–H groups in total. The Morgan fingerprint density at radius 3 is 2.31 bits per heavy atom. The van der Waals surface area contributed by atoms with E-state index in [4.69, 9.17) is 9.47 Å². The second kappa shape index (κ2) is 8.68. The maximum atomic E-state index is 12.5. The molecule has 0 spiro atoms. The van der Waals surface area contributed by atoms with Crippen LogP contribution in [0.2, 0.25) is 0 Å². The van der Waals surface area contributed by atoms with Gasteiger partial charge in [0.05, 0.1) is 24.7 Å². The van der Waals surface area contributed by atoms with Crippen molar-refractivity contribution in [3.63, 3.8) is 0 Å². The van der Waals surface area contributed by atoms with Gasteiger partial charge in [0.1, 0.15) is 11.5 Å². The highest BCUT2D eigenvalue weighted by atomic mass is 32.2. The van der Waals surface area contributed by atoms with E-state index in [0.717, 1.165) is 11.3 Å². The van der Waals surface area contributed by atoms with Crippen molar-refractivity contribution in [2.45, 2.75) is 11.3 Å². The number of rotatable bonds is 8. The van der Waals surface area contributed by atoms with Gasteiger partial charge in [-0.3, -0.25) is 4.79 Å². The molecule has 0 aliphatic rings. The number of sulfonamides is 1. The van der Waals surface area contributed by atoms with Gasteiger partial charge in [0.2, 0.25) is 10.0 Å². The molecule has 0 atom stereocenters. The molecular weight excluding hydrogens is 356 g/mol. The van der Waals surface area contributed by atoms with Gasteiger partial charge in [0.15, 0.2) is 0 Å². The van der Waals surface area contributed by atoms with Crippen LogP contribution in [0.3, 0.4) is 0 Å². The van der Waals surface area contributed by atoms with Crippen LogP contribution < -0.4 is 19.5 Å². The van der Waals surface area contributed by atoms with Crippen LogP contribution in [0.15, 0.2) is 47.4 Å². The van der Waals surface area contributed by atoms with Crippen LogP contribution in [0.1, 0.15) is 15.9 Å². The van der Waals surface area contributed by atoms with Crippen LogP contribution in [0.4, 0.5) is 0 Å². The fourth-order valence-corrected chi connectivity index (χ4v) is 3.43. The van der Waals surface area contributed by atoms with Gasteiger partial charge in [-0.15, -0.1) is 0 Å². The number of ether oxygens (including phenoxy) is 2. The number of carbonyl (C=O) groups excluding carboxylic acids is 1. The minimum atomic E-state index is -3.74. The second-order valence-corrected chi connectivity index (χ2v) is 7.20. The van der Waals surface area contributed by atoms with Crippen LogP contribution in [0, 0.1) is 0 Å². The van der Waals surface area contributed by atoms with Crippen LogP contribution in [0.25, 0.3) is 0 Å². The fourth-order valence-electron chi connectivity index (χ4n) is 2.37. The van der Waals surface area contributed by atoms with Gasteiger partial charge in [-0.2, -0.15) is 0 Å². The molecule has 0 unspecified atom stereocenters. The van der Waals surface area contributed by atoms with E-state index in [2.05, 4.69) is 10.0 Å². The van der Waals surface area contributed by atoms with E-state index in [1.54, 1.807) is 7.11 Å². The Morgan fingerprint density at radius 2 is 1.73 bits per heavy atom. The van der Waals surface area contributed by atoms with Crippen molar-refractivity contribution in [1.82, 2.24) is 10.0 Å². The molecule has 0 radical (unpaired) electrons. The number of benzene rings is 2. The molecule has 2 rings (SSSR count). The summed E-state index contributed by atoms with van der Waals surface area (Å²) in [7, 11) is 0.734.